The maximum atomic E-state index is 12.2. The Hall–Kier alpha value is -1.59. The molecular formula is C17H23ClN2O3. The molecule has 1 atom stereocenters. The Kier molecular flexibility index (Phi) is 6.86. The van der Waals surface area contributed by atoms with Gasteiger partial charge in [-0.2, -0.15) is 0 Å². The number of hydrogen-bond acceptors (Lipinski definition) is 4. The Morgan fingerprint density at radius 3 is 2.74 bits per heavy atom. The standard InChI is InChI=1S/C17H23ClN2O3/c1-23-17(22)10-15-4-2-3-9-20(15)12-16(21)19-11-13-5-7-14(18)8-6-13/h5-8,15H,2-4,9-12H2,1H3,(H,19,21). The van der Waals surface area contributed by atoms with Gasteiger partial charge in [0.1, 0.15) is 0 Å². The van der Waals surface area contributed by atoms with Gasteiger partial charge in [-0.1, -0.05) is 30.2 Å². The van der Waals surface area contributed by atoms with Crippen molar-refractivity contribution in [2.45, 2.75) is 38.3 Å². The number of methoxy groups -OCH3 is 1. The summed E-state index contributed by atoms with van der Waals surface area (Å²) < 4.78 is 4.74. The zero-order chi connectivity index (χ0) is 16.7. The number of halogens is 1. The second kappa shape index (κ2) is 8.89. The largest absolute Gasteiger partial charge is 0.469 e. The summed E-state index contributed by atoms with van der Waals surface area (Å²) in [5, 5.41) is 3.59. The molecule has 0 aliphatic carbocycles. The predicted octanol–water partition coefficient (Wildman–Crippen LogP) is 2.37. The van der Waals surface area contributed by atoms with Crippen LogP contribution in [0.25, 0.3) is 0 Å². The van der Waals surface area contributed by atoms with Crippen molar-refractivity contribution in [1.82, 2.24) is 10.2 Å². The SMILES string of the molecule is COC(=O)CC1CCCCN1CC(=O)NCc1ccc(Cl)cc1. The van der Waals surface area contributed by atoms with Crippen LogP contribution in [-0.4, -0.2) is 43.0 Å². The first-order valence-corrected chi connectivity index (χ1v) is 8.28. The number of benzene rings is 1. The zero-order valence-corrected chi connectivity index (χ0v) is 14.1. The van der Waals surface area contributed by atoms with E-state index in [1.165, 1.54) is 7.11 Å². The third kappa shape index (κ3) is 5.84. The van der Waals surface area contributed by atoms with E-state index in [1.54, 1.807) is 12.1 Å². The van der Waals surface area contributed by atoms with Crippen LogP contribution < -0.4 is 5.32 Å². The molecule has 1 amide bonds. The maximum Gasteiger partial charge on any atom is 0.307 e. The molecule has 126 valence electrons. The van der Waals surface area contributed by atoms with E-state index in [0.29, 0.717) is 24.5 Å². The van der Waals surface area contributed by atoms with Crippen LogP contribution in [0, 0.1) is 0 Å². The number of nitrogens with zero attached hydrogens (tertiary/aromatic N) is 1. The van der Waals surface area contributed by atoms with Crippen LogP contribution in [0.15, 0.2) is 24.3 Å². The van der Waals surface area contributed by atoms with E-state index >= 15 is 0 Å². The van der Waals surface area contributed by atoms with Gasteiger partial charge in [-0.3, -0.25) is 14.5 Å². The third-order valence-corrected chi connectivity index (χ3v) is 4.38. The molecular weight excluding hydrogens is 316 g/mol. The molecule has 1 heterocycles. The monoisotopic (exact) mass is 338 g/mol. The molecule has 1 saturated heterocycles. The number of carbonyl (C=O) groups is 2. The van der Waals surface area contributed by atoms with Crippen molar-refractivity contribution in [3.63, 3.8) is 0 Å². The number of ether oxygens (including phenoxy) is 1. The Bertz CT molecular complexity index is 533. The summed E-state index contributed by atoms with van der Waals surface area (Å²) in [4.78, 5) is 25.7. The summed E-state index contributed by atoms with van der Waals surface area (Å²) in [7, 11) is 1.40. The lowest BCUT2D eigenvalue weighted by Crippen LogP contribution is -2.46. The van der Waals surface area contributed by atoms with Crippen LogP contribution >= 0.6 is 11.6 Å². The molecule has 2 rings (SSSR count). The molecule has 1 aromatic carbocycles. The summed E-state index contributed by atoms with van der Waals surface area (Å²) in [6.07, 6.45) is 3.42. The molecule has 6 heteroatoms. The molecule has 1 aromatic rings. The Labute approximate surface area is 141 Å². The maximum absolute atomic E-state index is 12.2. The summed E-state index contributed by atoms with van der Waals surface area (Å²) in [5.74, 6) is -0.250. The average molecular weight is 339 g/mol. The van der Waals surface area contributed by atoms with Crippen LogP contribution in [0.1, 0.15) is 31.2 Å². The van der Waals surface area contributed by atoms with E-state index in [-0.39, 0.29) is 17.9 Å². The van der Waals surface area contributed by atoms with Gasteiger partial charge in [0, 0.05) is 17.6 Å². The van der Waals surface area contributed by atoms with Gasteiger partial charge in [0.2, 0.25) is 5.91 Å². The predicted molar refractivity (Wildman–Crippen MR) is 89.1 cm³/mol. The minimum atomic E-state index is -0.219. The van der Waals surface area contributed by atoms with Gasteiger partial charge in [-0.05, 0) is 37.1 Å². The van der Waals surface area contributed by atoms with Crippen molar-refractivity contribution in [3.05, 3.63) is 34.9 Å². The molecule has 1 fully saturated rings. The molecule has 5 nitrogen and oxygen atoms in total. The molecule has 1 N–H and O–H groups in total. The van der Waals surface area contributed by atoms with Crippen LogP contribution in [0.2, 0.25) is 5.02 Å². The van der Waals surface area contributed by atoms with Crippen LogP contribution in [-0.2, 0) is 20.9 Å². The van der Waals surface area contributed by atoms with Crippen LogP contribution in [0.5, 0.6) is 0 Å². The fourth-order valence-electron chi connectivity index (χ4n) is 2.82. The first-order chi connectivity index (χ1) is 11.1. The Balaban J connectivity index is 1.82. The first kappa shape index (κ1) is 17.8. The minimum absolute atomic E-state index is 0.0308. The Morgan fingerprint density at radius 1 is 1.30 bits per heavy atom. The number of rotatable bonds is 6. The van der Waals surface area contributed by atoms with Gasteiger partial charge in [0.05, 0.1) is 20.1 Å². The van der Waals surface area contributed by atoms with E-state index in [2.05, 4.69) is 10.2 Å². The lowest BCUT2D eigenvalue weighted by molar-refractivity contribution is -0.143. The van der Waals surface area contributed by atoms with E-state index in [4.69, 9.17) is 16.3 Å². The van der Waals surface area contributed by atoms with Crippen LogP contribution in [0.4, 0.5) is 0 Å². The molecule has 0 saturated carbocycles. The number of carbonyl (C=O) groups excluding carboxylic acids is 2. The van der Waals surface area contributed by atoms with Crippen molar-refractivity contribution in [2.24, 2.45) is 0 Å². The zero-order valence-electron chi connectivity index (χ0n) is 13.4. The van der Waals surface area contributed by atoms with Gasteiger partial charge in [0.25, 0.3) is 0 Å². The fraction of sp³-hybridized carbons (Fsp3) is 0.529. The highest BCUT2D eigenvalue weighted by Crippen LogP contribution is 2.19. The van der Waals surface area contributed by atoms with E-state index in [9.17, 15) is 9.59 Å². The molecule has 0 bridgehead atoms. The molecule has 0 radical (unpaired) electrons. The molecule has 0 spiro atoms. The summed E-state index contributed by atoms with van der Waals surface area (Å²) in [6.45, 7) is 1.64. The molecule has 1 unspecified atom stereocenters. The van der Waals surface area contributed by atoms with Crippen molar-refractivity contribution in [3.8, 4) is 0 Å². The lowest BCUT2D eigenvalue weighted by atomic mass is 9.99. The van der Waals surface area contributed by atoms with Gasteiger partial charge in [0.15, 0.2) is 0 Å². The van der Waals surface area contributed by atoms with Crippen LogP contribution in [0.3, 0.4) is 0 Å². The van der Waals surface area contributed by atoms with Gasteiger partial charge >= 0.3 is 5.97 Å². The van der Waals surface area contributed by atoms with Gasteiger partial charge in [-0.25, -0.2) is 0 Å². The highest BCUT2D eigenvalue weighted by Gasteiger charge is 2.26. The normalized spacial score (nSPS) is 18.4. The second-order valence-corrected chi connectivity index (χ2v) is 6.24. The van der Waals surface area contributed by atoms with Crippen molar-refractivity contribution in [1.29, 1.82) is 0 Å². The topological polar surface area (TPSA) is 58.6 Å². The van der Waals surface area contributed by atoms with Crippen molar-refractivity contribution in [2.75, 3.05) is 20.2 Å². The number of likely N-dealkylation sites (tertiary alicyclic amines) is 1. The molecule has 23 heavy (non-hydrogen) atoms. The number of nitrogens with one attached hydrogen (secondary N) is 1. The fourth-order valence-corrected chi connectivity index (χ4v) is 2.94. The van der Waals surface area contributed by atoms with Gasteiger partial charge < -0.3 is 10.1 Å². The summed E-state index contributed by atoms with van der Waals surface area (Å²) in [5.41, 5.74) is 1.01. The number of amides is 1. The second-order valence-electron chi connectivity index (χ2n) is 5.80. The highest BCUT2D eigenvalue weighted by molar-refractivity contribution is 6.30. The average Bonchev–Trinajstić information content (AvgIpc) is 2.56. The Morgan fingerprint density at radius 2 is 2.04 bits per heavy atom. The molecule has 0 aromatic heterocycles. The molecule has 1 aliphatic rings. The summed E-state index contributed by atoms with van der Waals surface area (Å²) >= 11 is 5.84. The summed E-state index contributed by atoms with van der Waals surface area (Å²) in [6, 6.07) is 7.49. The van der Waals surface area contributed by atoms with E-state index < -0.39 is 0 Å². The van der Waals surface area contributed by atoms with Gasteiger partial charge in [-0.15, -0.1) is 0 Å². The number of esters is 1. The van der Waals surface area contributed by atoms with Crippen molar-refractivity contribution >= 4 is 23.5 Å². The third-order valence-electron chi connectivity index (χ3n) is 4.13. The first-order valence-electron chi connectivity index (χ1n) is 7.90. The van der Waals surface area contributed by atoms with Crippen molar-refractivity contribution < 1.29 is 14.3 Å². The number of piperidine rings is 1. The quantitative estimate of drug-likeness (QED) is 0.809. The highest BCUT2D eigenvalue weighted by atomic mass is 35.5. The molecule has 1 aliphatic heterocycles. The number of hydrogen-bond donors (Lipinski definition) is 1. The lowest BCUT2D eigenvalue weighted by Gasteiger charge is -2.34. The minimum Gasteiger partial charge on any atom is -0.469 e. The van der Waals surface area contributed by atoms with E-state index in [0.717, 1.165) is 31.4 Å². The smallest absolute Gasteiger partial charge is 0.307 e. The van der Waals surface area contributed by atoms with E-state index in [1.807, 2.05) is 12.1 Å².